The second-order valence-electron chi connectivity index (χ2n) is 10.4. The first-order valence-electron chi connectivity index (χ1n) is 14.4. The van der Waals surface area contributed by atoms with Gasteiger partial charge in [0.1, 0.15) is 5.75 Å². The lowest BCUT2D eigenvalue weighted by atomic mass is 9.81. The van der Waals surface area contributed by atoms with Crippen molar-refractivity contribution in [3.63, 3.8) is 0 Å². The number of ether oxygens (including phenoxy) is 2. The maximum Gasteiger partial charge on any atom is 0.252 e. The summed E-state index contributed by atoms with van der Waals surface area (Å²) in [5.74, 6) is 0.581. The highest BCUT2D eigenvalue weighted by atomic mass is 35.5. The predicted molar refractivity (Wildman–Crippen MR) is 175 cm³/mol. The van der Waals surface area contributed by atoms with Crippen LogP contribution in [0.2, 0.25) is 10.0 Å². The molecule has 1 aliphatic rings. The number of halogens is 2. The fourth-order valence-electron chi connectivity index (χ4n) is 5.19. The average molecular weight is 645 g/mol. The SMILES string of the molecule is [N-]=[N+]=Nc1ccccc1C[C@@]1(C(=O)NCCc2ccc(Cl)cc2Cl)N=C(c2ccc(OCCCO)cc2)O[C@@H]1c1ccccc1. The number of aliphatic hydroxyl groups is 1. The van der Waals surface area contributed by atoms with E-state index in [0.29, 0.717) is 58.0 Å². The Morgan fingerprint density at radius 2 is 1.78 bits per heavy atom. The number of carbonyl (C=O) groups excluding carboxylic acids is 1. The van der Waals surface area contributed by atoms with Gasteiger partial charge in [-0.3, -0.25) is 4.79 Å². The maximum atomic E-state index is 14.4. The van der Waals surface area contributed by atoms with E-state index in [9.17, 15) is 10.3 Å². The van der Waals surface area contributed by atoms with E-state index in [1.165, 1.54) is 0 Å². The van der Waals surface area contributed by atoms with Crippen LogP contribution in [-0.4, -0.2) is 42.2 Å². The highest BCUT2D eigenvalue weighted by Gasteiger charge is 2.53. The van der Waals surface area contributed by atoms with Crippen molar-refractivity contribution in [1.82, 2.24) is 5.32 Å². The van der Waals surface area contributed by atoms with Crippen molar-refractivity contribution in [3.05, 3.63) is 140 Å². The minimum atomic E-state index is -1.46. The van der Waals surface area contributed by atoms with Gasteiger partial charge in [0.25, 0.3) is 5.91 Å². The normalized spacial score (nSPS) is 17.1. The molecule has 230 valence electrons. The van der Waals surface area contributed by atoms with Crippen LogP contribution in [-0.2, 0) is 22.4 Å². The number of benzene rings is 4. The van der Waals surface area contributed by atoms with E-state index < -0.39 is 11.6 Å². The van der Waals surface area contributed by atoms with Crippen LogP contribution in [0.15, 0.2) is 107 Å². The van der Waals surface area contributed by atoms with E-state index in [0.717, 1.165) is 11.1 Å². The Morgan fingerprint density at radius 3 is 2.51 bits per heavy atom. The van der Waals surface area contributed by atoms with Crippen molar-refractivity contribution >= 4 is 40.7 Å². The van der Waals surface area contributed by atoms with E-state index in [-0.39, 0.29) is 25.5 Å². The van der Waals surface area contributed by atoms with Crippen molar-refractivity contribution in [1.29, 1.82) is 0 Å². The first kappa shape index (κ1) is 31.9. The highest BCUT2D eigenvalue weighted by Crippen LogP contribution is 2.43. The summed E-state index contributed by atoms with van der Waals surface area (Å²) >= 11 is 12.5. The zero-order chi connectivity index (χ0) is 31.6. The number of aliphatic imine (C=N–C) groups is 1. The van der Waals surface area contributed by atoms with Crippen LogP contribution in [0, 0.1) is 0 Å². The van der Waals surface area contributed by atoms with Gasteiger partial charge in [-0.15, -0.1) is 0 Å². The molecule has 0 radical (unpaired) electrons. The third-order valence-electron chi connectivity index (χ3n) is 7.43. The predicted octanol–water partition coefficient (Wildman–Crippen LogP) is 7.55. The van der Waals surface area contributed by atoms with Gasteiger partial charge in [0.15, 0.2) is 11.6 Å². The number of aliphatic hydroxyl groups excluding tert-OH is 1. The third kappa shape index (κ3) is 7.59. The van der Waals surface area contributed by atoms with Crippen LogP contribution in [0.1, 0.15) is 34.8 Å². The Hall–Kier alpha value is -4.53. The molecule has 0 aromatic heterocycles. The third-order valence-corrected chi connectivity index (χ3v) is 8.02. The molecule has 45 heavy (non-hydrogen) atoms. The minimum absolute atomic E-state index is 0.0449. The fourth-order valence-corrected chi connectivity index (χ4v) is 5.70. The second-order valence-corrected chi connectivity index (χ2v) is 11.3. The standard InChI is InChI=1S/C34H31Cl2N5O4/c35-27-14-11-23(29(36)21-27)17-18-38-33(43)34(22-26-9-4-5-10-30(26)40-41-37)31(24-7-2-1-3-8-24)45-32(39-34)25-12-15-28(16-13-25)44-20-6-19-42/h1-5,7-16,21,31,42H,6,17-20,22H2,(H,38,43)/t31-,34-/m1/s1. The van der Waals surface area contributed by atoms with Crippen molar-refractivity contribution in [2.24, 2.45) is 10.1 Å². The monoisotopic (exact) mass is 643 g/mol. The Kier molecular flexibility index (Phi) is 10.6. The van der Waals surface area contributed by atoms with Crippen LogP contribution in [0.3, 0.4) is 0 Å². The van der Waals surface area contributed by atoms with Crippen LogP contribution in [0.4, 0.5) is 5.69 Å². The maximum absolute atomic E-state index is 14.4. The van der Waals surface area contributed by atoms with Gasteiger partial charge in [-0.05, 0) is 65.0 Å². The van der Waals surface area contributed by atoms with E-state index >= 15 is 0 Å². The largest absolute Gasteiger partial charge is 0.494 e. The molecule has 4 aromatic carbocycles. The lowest BCUT2D eigenvalue weighted by Gasteiger charge is -2.31. The van der Waals surface area contributed by atoms with E-state index in [2.05, 4.69) is 15.3 Å². The molecule has 5 rings (SSSR count). The molecule has 0 bridgehead atoms. The summed E-state index contributed by atoms with van der Waals surface area (Å²) < 4.78 is 12.2. The molecule has 2 N–H and O–H groups in total. The number of carbonyl (C=O) groups is 1. The number of nitrogens with zero attached hydrogens (tertiary/aromatic N) is 4. The van der Waals surface area contributed by atoms with E-state index in [1.54, 1.807) is 36.4 Å². The first-order chi connectivity index (χ1) is 21.9. The number of rotatable bonds is 13. The van der Waals surface area contributed by atoms with E-state index in [4.69, 9.17) is 42.8 Å². The molecule has 0 spiro atoms. The lowest BCUT2D eigenvalue weighted by Crippen LogP contribution is -2.50. The number of hydrogen-bond acceptors (Lipinski definition) is 6. The van der Waals surface area contributed by atoms with Crippen LogP contribution < -0.4 is 10.1 Å². The fraction of sp³-hybridized carbons (Fsp3) is 0.235. The number of azide groups is 1. The number of nitrogens with one attached hydrogen (secondary N) is 1. The van der Waals surface area contributed by atoms with Gasteiger partial charge in [-0.2, -0.15) is 0 Å². The summed E-state index contributed by atoms with van der Waals surface area (Å²) in [4.78, 5) is 22.5. The van der Waals surface area contributed by atoms with Gasteiger partial charge in [0.05, 0.1) is 6.61 Å². The summed E-state index contributed by atoms with van der Waals surface area (Å²) in [5, 5.41) is 17.1. The number of amides is 1. The first-order valence-corrected chi connectivity index (χ1v) is 15.2. The Bertz CT molecular complexity index is 1710. The molecule has 1 aliphatic heterocycles. The lowest BCUT2D eigenvalue weighted by molar-refractivity contribution is -0.128. The van der Waals surface area contributed by atoms with Gasteiger partial charge in [-0.25, -0.2) is 4.99 Å². The molecule has 1 amide bonds. The van der Waals surface area contributed by atoms with Crippen molar-refractivity contribution in [2.45, 2.75) is 30.9 Å². The molecule has 0 aliphatic carbocycles. The Labute approximate surface area is 271 Å². The molecule has 1 heterocycles. The molecule has 9 nitrogen and oxygen atoms in total. The van der Waals surface area contributed by atoms with Gasteiger partial charge < -0.3 is 19.9 Å². The summed E-state index contributed by atoms with van der Waals surface area (Å²) in [6.45, 7) is 0.716. The van der Waals surface area contributed by atoms with Crippen LogP contribution in [0.25, 0.3) is 10.4 Å². The van der Waals surface area contributed by atoms with Crippen molar-refractivity contribution in [2.75, 3.05) is 19.8 Å². The quantitative estimate of drug-likeness (QED) is 0.0674. The minimum Gasteiger partial charge on any atom is -0.494 e. The van der Waals surface area contributed by atoms with Gasteiger partial charge >= 0.3 is 0 Å². The number of hydrogen-bond donors (Lipinski definition) is 2. The summed E-state index contributed by atoms with van der Waals surface area (Å²) in [7, 11) is 0. The topological polar surface area (TPSA) is 129 Å². The van der Waals surface area contributed by atoms with Gasteiger partial charge in [-0.1, -0.05) is 89.0 Å². The highest BCUT2D eigenvalue weighted by molar-refractivity contribution is 6.35. The van der Waals surface area contributed by atoms with Gasteiger partial charge in [0, 0.05) is 52.2 Å². The van der Waals surface area contributed by atoms with E-state index in [1.807, 2.05) is 60.7 Å². The zero-order valence-corrected chi connectivity index (χ0v) is 25.8. The Morgan fingerprint density at radius 1 is 1.02 bits per heavy atom. The Balaban J connectivity index is 1.54. The van der Waals surface area contributed by atoms with Crippen LogP contribution in [0.5, 0.6) is 5.75 Å². The van der Waals surface area contributed by atoms with Crippen LogP contribution >= 0.6 is 23.2 Å². The molecule has 4 aromatic rings. The molecular formula is C34H31Cl2N5O4. The smallest absolute Gasteiger partial charge is 0.252 e. The molecule has 0 saturated heterocycles. The molecule has 11 heteroatoms. The summed E-state index contributed by atoms with van der Waals surface area (Å²) in [5.41, 5.74) is 11.1. The molecule has 0 fully saturated rings. The molecule has 0 saturated carbocycles. The zero-order valence-electron chi connectivity index (χ0n) is 24.3. The summed E-state index contributed by atoms with van der Waals surface area (Å²) in [6, 6.07) is 29.1. The molecule has 0 unspecified atom stereocenters. The van der Waals surface area contributed by atoms with Crippen molar-refractivity contribution < 1.29 is 19.4 Å². The van der Waals surface area contributed by atoms with Crippen molar-refractivity contribution in [3.8, 4) is 5.75 Å². The summed E-state index contributed by atoms with van der Waals surface area (Å²) in [6.07, 6.45) is 0.294. The van der Waals surface area contributed by atoms with Gasteiger partial charge in [0.2, 0.25) is 5.90 Å². The molecular weight excluding hydrogens is 613 g/mol. The average Bonchev–Trinajstić information content (AvgIpc) is 3.44. The second kappa shape index (κ2) is 15.0. The molecule has 2 atom stereocenters.